The molecule has 3 rings (SSSR count). The number of nitrogens with zero attached hydrogens (tertiary/aromatic N) is 2. The first-order valence-electron chi connectivity index (χ1n) is 8.89. The number of amides is 1. The Hall–Kier alpha value is -1.66. The molecular formula is C18H27FN4O. The average Bonchev–Trinajstić information content (AvgIpc) is 2.63. The first kappa shape index (κ1) is 17.2. The zero-order valence-corrected chi connectivity index (χ0v) is 14.3. The molecule has 1 amide bonds. The summed E-state index contributed by atoms with van der Waals surface area (Å²) in [6.45, 7) is 7.30. The van der Waals surface area contributed by atoms with Gasteiger partial charge in [-0.2, -0.15) is 0 Å². The third kappa shape index (κ3) is 4.24. The van der Waals surface area contributed by atoms with Crippen molar-refractivity contribution in [2.45, 2.75) is 31.8 Å². The Labute approximate surface area is 143 Å². The Kier molecular flexibility index (Phi) is 5.68. The zero-order valence-electron chi connectivity index (χ0n) is 14.3. The van der Waals surface area contributed by atoms with E-state index in [1.807, 2.05) is 19.1 Å². The van der Waals surface area contributed by atoms with E-state index in [-0.39, 0.29) is 23.8 Å². The number of rotatable bonds is 4. The van der Waals surface area contributed by atoms with Crippen molar-refractivity contribution in [3.63, 3.8) is 0 Å². The van der Waals surface area contributed by atoms with Crippen molar-refractivity contribution in [1.82, 2.24) is 15.5 Å². The van der Waals surface area contributed by atoms with Gasteiger partial charge >= 0.3 is 0 Å². The number of hydrogen-bond donors (Lipinski definition) is 2. The number of nitrogens with one attached hydrogen (secondary N) is 2. The molecule has 0 aliphatic carbocycles. The predicted octanol–water partition coefficient (Wildman–Crippen LogP) is 1.20. The van der Waals surface area contributed by atoms with E-state index in [0.717, 1.165) is 57.8 Å². The highest BCUT2D eigenvalue weighted by Gasteiger charge is 2.27. The van der Waals surface area contributed by atoms with E-state index in [4.69, 9.17) is 0 Å². The van der Waals surface area contributed by atoms with Crippen LogP contribution in [0.15, 0.2) is 24.3 Å². The lowest BCUT2D eigenvalue weighted by Gasteiger charge is -2.39. The maximum Gasteiger partial charge on any atom is 0.237 e. The molecule has 24 heavy (non-hydrogen) atoms. The Morgan fingerprint density at radius 2 is 1.96 bits per heavy atom. The Balaban J connectivity index is 1.48. The number of carbonyl (C=O) groups excluding carboxylic acids is 1. The molecule has 2 fully saturated rings. The highest BCUT2D eigenvalue weighted by atomic mass is 19.1. The summed E-state index contributed by atoms with van der Waals surface area (Å²) in [5.74, 6) is -0.0844. The smallest absolute Gasteiger partial charge is 0.237 e. The summed E-state index contributed by atoms with van der Waals surface area (Å²) in [6, 6.07) is 6.77. The third-order valence-corrected chi connectivity index (χ3v) is 5.08. The van der Waals surface area contributed by atoms with Crippen LogP contribution >= 0.6 is 0 Å². The van der Waals surface area contributed by atoms with E-state index in [1.54, 1.807) is 0 Å². The number of benzene rings is 1. The third-order valence-electron chi connectivity index (χ3n) is 5.08. The topological polar surface area (TPSA) is 47.6 Å². The lowest BCUT2D eigenvalue weighted by atomic mass is 10.1. The second-order valence-electron chi connectivity index (χ2n) is 6.73. The maximum atomic E-state index is 13.0. The van der Waals surface area contributed by atoms with Gasteiger partial charge in [-0.25, -0.2) is 4.39 Å². The number of anilines is 1. The SMILES string of the molecule is CC(C(=O)N[C@H]1CCCNC1)N1CCN(c2ccc(F)cc2)CC1. The maximum absolute atomic E-state index is 13.0. The fourth-order valence-electron chi connectivity index (χ4n) is 3.48. The molecule has 0 bridgehead atoms. The van der Waals surface area contributed by atoms with E-state index in [2.05, 4.69) is 20.4 Å². The molecule has 0 radical (unpaired) electrons. The minimum Gasteiger partial charge on any atom is -0.369 e. The van der Waals surface area contributed by atoms with Gasteiger partial charge in [0.05, 0.1) is 6.04 Å². The molecule has 0 saturated carbocycles. The first-order chi connectivity index (χ1) is 11.6. The van der Waals surface area contributed by atoms with Crippen LogP contribution in [0.1, 0.15) is 19.8 Å². The van der Waals surface area contributed by atoms with Gasteiger partial charge in [-0.05, 0) is 50.6 Å². The molecule has 0 spiro atoms. The number of halogens is 1. The minimum absolute atomic E-state index is 0.109. The van der Waals surface area contributed by atoms with Crippen LogP contribution in [0.4, 0.5) is 10.1 Å². The molecule has 132 valence electrons. The highest BCUT2D eigenvalue weighted by molar-refractivity contribution is 5.81. The predicted molar refractivity (Wildman–Crippen MR) is 93.7 cm³/mol. The lowest BCUT2D eigenvalue weighted by Crippen LogP contribution is -2.56. The largest absolute Gasteiger partial charge is 0.369 e. The summed E-state index contributed by atoms with van der Waals surface area (Å²) < 4.78 is 13.0. The van der Waals surface area contributed by atoms with E-state index < -0.39 is 0 Å². The summed E-state index contributed by atoms with van der Waals surface area (Å²) in [5.41, 5.74) is 1.04. The number of piperazine rings is 1. The van der Waals surface area contributed by atoms with E-state index in [0.29, 0.717) is 0 Å². The van der Waals surface area contributed by atoms with Gasteiger partial charge in [-0.15, -0.1) is 0 Å². The van der Waals surface area contributed by atoms with Crippen LogP contribution in [0.25, 0.3) is 0 Å². The summed E-state index contributed by atoms with van der Waals surface area (Å²) in [4.78, 5) is 16.9. The first-order valence-corrected chi connectivity index (χ1v) is 8.89. The number of piperidine rings is 1. The number of hydrogen-bond acceptors (Lipinski definition) is 4. The van der Waals surface area contributed by atoms with Gasteiger partial charge in [-0.3, -0.25) is 9.69 Å². The van der Waals surface area contributed by atoms with Crippen molar-refractivity contribution in [3.8, 4) is 0 Å². The van der Waals surface area contributed by atoms with E-state index in [9.17, 15) is 9.18 Å². The molecule has 1 aromatic rings. The van der Waals surface area contributed by atoms with Crippen LogP contribution in [-0.2, 0) is 4.79 Å². The van der Waals surface area contributed by atoms with Crippen LogP contribution in [-0.4, -0.2) is 62.2 Å². The summed E-state index contributed by atoms with van der Waals surface area (Å²) in [5, 5.41) is 6.49. The molecule has 6 heteroatoms. The van der Waals surface area contributed by atoms with Crippen molar-refractivity contribution in [2.24, 2.45) is 0 Å². The van der Waals surface area contributed by atoms with Crippen molar-refractivity contribution in [1.29, 1.82) is 0 Å². The fraction of sp³-hybridized carbons (Fsp3) is 0.611. The van der Waals surface area contributed by atoms with Crippen LogP contribution < -0.4 is 15.5 Å². The van der Waals surface area contributed by atoms with Crippen LogP contribution in [0.2, 0.25) is 0 Å². The molecule has 2 saturated heterocycles. The van der Waals surface area contributed by atoms with Gasteiger partial charge in [0.15, 0.2) is 0 Å². The molecule has 2 atom stereocenters. The molecule has 2 aliphatic rings. The van der Waals surface area contributed by atoms with Gasteiger partial charge in [0.25, 0.3) is 0 Å². The quantitative estimate of drug-likeness (QED) is 0.869. The van der Waals surface area contributed by atoms with Crippen molar-refractivity contribution >= 4 is 11.6 Å². The Morgan fingerprint density at radius 3 is 2.58 bits per heavy atom. The van der Waals surface area contributed by atoms with Crippen LogP contribution in [0.5, 0.6) is 0 Å². The monoisotopic (exact) mass is 334 g/mol. The molecule has 2 N–H and O–H groups in total. The summed E-state index contributed by atoms with van der Waals surface area (Å²) in [7, 11) is 0. The molecule has 5 nitrogen and oxygen atoms in total. The molecule has 2 aliphatic heterocycles. The Morgan fingerprint density at radius 1 is 1.25 bits per heavy atom. The van der Waals surface area contributed by atoms with Gasteiger partial charge in [0.1, 0.15) is 5.82 Å². The average molecular weight is 334 g/mol. The van der Waals surface area contributed by atoms with Crippen LogP contribution in [0.3, 0.4) is 0 Å². The molecule has 0 aromatic heterocycles. The summed E-state index contributed by atoms with van der Waals surface area (Å²) >= 11 is 0. The Bertz CT molecular complexity index is 536. The number of carbonyl (C=O) groups is 1. The highest BCUT2D eigenvalue weighted by Crippen LogP contribution is 2.18. The van der Waals surface area contributed by atoms with Crippen molar-refractivity contribution < 1.29 is 9.18 Å². The van der Waals surface area contributed by atoms with Crippen LogP contribution in [0, 0.1) is 5.82 Å². The fourth-order valence-corrected chi connectivity index (χ4v) is 3.48. The zero-order chi connectivity index (χ0) is 16.9. The standard InChI is InChI=1S/C18H27FN4O/c1-14(18(24)21-16-3-2-8-20-13-16)22-9-11-23(12-10-22)17-6-4-15(19)5-7-17/h4-7,14,16,20H,2-3,8-13H2,1H3,(H,21,24)/t14?,16-/m0/s1. The van der Waals surface area contributed by atoms with Crippen molar-refractivity contribution in [2.75, 3.05) is 44.2 Å². The van der Waals surface area contributed by atoms with Gasteiger partial charge in [0.2, 0.25) is 5.91 Å². The molecular weight excluding hydrogens is 307 g/mol. The summed E-state index contributed by atoms with van der Waals surface area (Å²) in [6.07, 6.45) is 2.18. The van der Waals surface area contributed by atoms with E-state index >= 15 is 0 Å². The normalized spacial score (nSPS) is 23.8. The second-order valence-corrected chi connectivity index (χ2v) is 6.73. The molecule has 2 heterocycles. The van der Waals surface area contributed by atoms with Gasteiger partial charge in [-0.1, -0.05) is 0 Å². The lowest BCUT2D eigenvalue weighted by molar-refractivity contribution is -0.126. The molecule has 1 aromatic carbocycles. The minimum atomic E-state index is -0.208. The van der Waals surface area contributed by atoms with Gasteiger partial charge in [0, 0.05) is 44.5 Å². The molecule has 1 unspecified atom stereocenters. The van der Waals surface area contributed by atoms with E-state index in [1.165, 1.54) is 12.1 Å². The van der Waals surface area contributed by atoms with Crippen molar-refractivity contribution in [3.05, 3.63) is 30.1 Å². The second kappa shape index (κ2) is 7.94. The van der Waals surface area contributed by atoms with Gasteiger partial charge < -0.3 is 15.5 Å².